The second-order valence-electron chi connectivity index (χ2n) is 12.4. The largest absolute Gasteiger partial charge is 0.455 e. The van der Waals surface area contributed by atoms with Gasteiger partial charge in [0, 0.05) is 31.4 Å². The molecule has 4 atom stereocenters. The van der Waals surface area contributed by atoms with Gasteiger partial charge in [0.25, 0.3) is 5.91 Å². The van der Waals surface area contributed by atoms with E-state index in [-0.39, 0.29) is 25.4 Å². The van der Waals surface area contributed by atoms with E-state index in [4.69, 9.17) is 4.74 Å². The molecule has 1 aromatic carbocycles. The molecule has 1 saturated heterocycles. The molecule has 2 aliphatic heterocycles. The Kier molecular flexibility index (Phi) is 12.0. The summed E-state index contributed by atoms with van der Waals surface area (Å²) in [5.74, 6) is -2.58. The quantitative estimate of drug-likeness (QED) is 0.416. The Morgan fingerprint density at radius 1 is 1.02 bits per heavy atom. The van der Waals surface area contributed by atoms with Gasteiger partial charge in [0.15, 0.2) is 0 Å². The molecule has 3 heterocycles. The van der Waals surface area contributed by atoms with Gasteiger partial charge in [0.2, 0.25) is 11.8 Å². The molecular weight excluding hydrogens is 617 g/mol. The van der Waals surface area contributed by atoms with Crippen LogP contribution in [0.4, 0.5) is 13.2 Å². The summed E-state index contributed by atoms with van der Waals surface area (Å²) in [4.78, 5) is 58.2. The molecule has 4 rings (SSSR count). The average Bonchev–Trinajstić information content (AvgIpc) is 3.02. The van der Waals surface area contributed by atoms with Gasteiger partial charge in [-0.1, -0.05) is 44.2 Å². The monoisotopic (exact) mass is 660 g/mol. The maximum absolute atomic E-state index is 13.4. The summed E-state index contributed by atoms with van der Waals surface area (Å²) < 4.78 is 45.8. The van der Waals surface area contributed by atoms with Crippen LogP contribution in [0.15, 0.2) is 36.4 Å². The lowest BCUT2D eigenvalue weighted by Crippen LogP contribution is -2.61. The molecule has 256 valence electrons. The van der Waals surface area contributed by atoms with E-state index in [9.17, 15) is 32.3 Å². The predicted molar refractivity (Wildman–Crippen MR) is 169 cm³/mol. The van der Waals surface area contributed by atoms with E-state index >= 15 is 0 Å². The third-order valence-electron chi connectivity index (χ3n) is 8.16. The molecule has 3 amide bonds. The first-order valence-corrected chi connectivity index (χ1v) is 15.9. The number of alkyl halides is 3. The summed E-state index contributed by atoms with van der Waals surface area (Å²) in [5.41, 5.74) is 4.91. The maximum Gasteiger partial charge on any atom is 0.401 e. The van der Waals surface area contributed by atoms with Crippen LogP contribution in [0.25, 0.3) is 17.0 Å². The van der Waals surface area contributed by atoms with Crippen LogP contribution in [0.5, 0.6) is 0 Å². The van der Waals surface area contributed by atoms with E-state index in [0.29, 0.717) is 37.0 Å². The highest BCUT2D eigenvalue weighted by Gasteiger charge is 2.34. The van der Waals surface area contributed by atoms with Gasteiger partial charge >= 0.3 is 12.1 Å². The summed E-state index contributed by atoms with van der Waals surface area (Å²) in [7, 11) is 0. The van der Waals surface area contributed by atoms with E-state index < -0.39 is 60.6 Å². The highest BCUT2D eigenvalue weighted by atomic mass is 19.4. The van der Waals surface area contributed by atoms with Crippen LogP contribution < -0.4 is 16.1 Å². The van der Waals surface area contributed by atoms with Gasteiger partial charge in [-0.3, -0.25) is 29.1 Å². The normalized spacial score (nSPS) is 25.7. The summed E-state index contributed by atoms with van der Waals surface area (Å²) in [6, 6.07) is 6.43. The fourth-order valence-corrected chi connectivity index (χ4v) is 5.55. The second kappa shape index (κ2) is 15.7. The Morgan fingerprint density at radius 3 is 2.49 bits per heavy atom. The Morgan fingerprint density at radius 2 is 1.77 bits per heavy atom. The van der Waals surface area contributed by atoms with Gasteiger partial charge in [-0.2, -0.15) is 13.2 Å². The molecule has 0 aliphatic carbocycles. The molecule has 0 radical (unpaired) electrons. The highest BCUT2D eigenvalue weighted by Crippen LogP contribution is 2.23. The van der Waals surface area contributed by atoms with Crippen LogP contribution in [-0.2, 0) is 23.9 Å². The van der Waals surface area contributed by atoms with Crippen molar-refractivity contribution in [3.05, 3.63) is 47.7 Å². The molecule has 1 fully saturated rings. The SMILES string of the molecule is CC(C)[C@@H]1NC(=O)CCN(CC(F)(F)F)CC/C=C/c2ccc3ccc(nc3c2)[C@@H](C)OC(=O)[C@@H]2CCCN(N2)C(=O)[C@H](C)NC1=O. The van der Waals surface area contributed by atoms with E-state index in [0.717, 1.165) is 15.8 Å². The van der Waals surface area contributed by atoms with Crippen molar-refractivity contribution in [3.63, 3.8) is 0 Å². The first-order valence-electron chi connectivity index (χ1n) is 15.9. The van der Waals surface area contributed by atoms with Gasteiger partial charge in [-0.05, 0) is 56.7 Å². The number of amides is 3. The fourth-order valence-electron chi connectivity index (χ4n) is 5.55. The van der Waals surface area contributed by atoms with Gasteiger partial charge in [-0.15, -0.1) is 0 Å². The zero-order valence-corrected chi connectivity index (χ0v) is 27.1. The van der Waals surface area contributed by atoms with Crippen LogP contribution >= 0.6 is 0 Å². The van der Waals surface area contributed by atoms with Crippen molar-refractivity contribution in [2.75, 3.05) is 26.2 Å². The van der Waals surface area contributed by atoms with Gasteiger partial charge in [-0.25, -0.2) is 10.4 Å². The lowest BCUT2D eigenvalue weighted by molar-refractivity contribution is -0.157. The molecule has 2 aliphatic rings. The van der Waals surface area contributed by atoms with Gasteiger partial charge in [0.05, 0.1) is 17.8 Å². The number of ether oxygens (including phenoxy) is 1. The summed E-state index contributed by atoms with van der Waals surface area (Å²) in [6.07, 6.45) is -0.570. The predicted octanol–water partition coefficient (Wildman–Crippen LogP) is 3.65. The number of hydrazine groups is 1. The highest BCUT2D eigenvalue weighted by molar-refractivity contribution is 5.92. The van der Waals surface area contributed by atoms with Crippen LogP contribution in [0.3, 0.4) is 0 Å². The summed E-state index contributed by atoms with van der Waals surface area (Å²) in [6.45, 7) is 5.65. The molecular formula is C33H43F3N6O5. The van der Waals surface area contributed by atoms with Crippen molar-refractivity contribution in [1.82, 2.24) is 31.0 Å². The number of nitrogens with zero attached hydrogens (tertiary/aromatic N) is 3. The number of carbonyl (C=O) groups excluding carboxylic acids is 4. The number of halogens is 3. The number of pyridine rings is 1. The van der Waals surface area contributed by atoms with Crippen molar-refractivity contribution in [1.29, 1.82) is 0 Å². The topological polar surface area (TPSA) is 133 Å². The number of cyclic esters (lactones) is 1. The number of nitrogens with one attached hydrogen (secondary N) is 3. The lowest BCUT2D eigenvalue weighted by Gasteiger charge is -2.35. The minimum Gasteiger partial charge on any atom is -0.455 e. The molecule has 11 nitrogen and oxygen atoms in total. The number of hydrogen-bond donors (Lipinski definition) is 3. The van der Waals surface area contributed by atoms with Crippen LogP contribution in [0, 0.1) is 5.92 Å². The van der Waals surface area contributed by atoms with Crippen LogP contribution in [-0.4, -0.2) is 89.1 Å². The Labute approximate surface area is 272 Å². The Hall–Kier alpha value is -4.04. The molecule has 2 aromatic rings. The van der Waals surface area contributed by atoms with Crippen molar-refractivity contribution in [2.45, 2.75) is 83.8 Å². The maximum atomic E-state index is 13.4. The molecule has 0 saturated carbocycles. The third kappa shape index (κ3) is 10.2. The summed E-state index contributed by atoms with van der Waals surface area (Å²) >= 11 is 0. The van der Waals surface area contributed by atoms with E-state index in [1.54, 1.807) is 39.0 Å². The first-order chi connectivity index (χ1) is 22.2. The molecule has 5 bridgehead atoms. The minimum absolute atomic E-state index is 0.0569. The van der Waals surface area contributed by atoms with E-state index in [2.05, 4.69) is 21.0 Å². The Bertz CT molecular complexity index is 1480. The standard InChI is InChI=1S/C33H43F3N6O5/c1-20(2)29-30(44)37-21(3)31(45)42-16-7-9-26(40-42)32(46)47-22(4)25-13-12-24-11-10-23(18-27(24)38-25)8-5-6-15-41(19-33(34,35)36)17-14-28(43)39-29/h5,8,10-13,18,20-22,26,29,40H,6-7,9,14-17,19H2,1-4H3,(H,37,44)(H,39,43)/b8-5+/t21-,22+,26-,29-/m0/s1. The molecule has 47 heavy (non-hydrogen) atoms. The van der Waals surface area contributed by atoms with Crippen molar-refractivity contribution < 1.29 is 37.1 Å². The first kappa shape index (κ1) is 35.8. The van der Waals surface area contributed by atoms with Gasteiger partial charge in [0.1, 0.15) is 24.2 Å². The van der Waals surface area contributed by atoms with Gasteiger partial charge < -0.3 is 15.4 Å². The number of fused-ring (bicyclic) bond motifs is 4. The van der Waals surface area contributed by atoms with Crippen molar-refractivity contribution >= 4 is 40.7 Å². The molecule has 14 heteroatoms. The lowest BCUT2D eigenvalue weighted by atomic mass is 10.0. The second-order valence-corrected chi connectivity index (χ2v) is 12.4. The minimum atomic E-state index is -4.46. The van der Waals surface area contributed by atoms with Crippen LogP contribution in [0.1, 0.15) is 70.7 Å². The van der Waals surface area contributed by atoms with Crippen LogP contribution in [0.2, 0.25) is 0 Å². The van der Waals surface area contributed by atoms with Crippen molar-refractivity contribution in [2.24, 2.45) is 5.92 Å². The fraction of sp³-hybridized carbons (Fsp3) is 0.545. The number of benzene rings is 1. The molecule has 3 N–H and O–H groups in total. The van der Waals surface area contributed by atoms with E-state index in [1.165, 1.54) is 11.9 Å². The van der Waals surface area contributed by atoms with Crippen molar-refractivity contribution in [3.8, 4) is 0 Å². The number of rotatable bonds is 2. The zero-order valence-electron chi connectivity index (χ0n) is 27.1. The number of aromatic nitrogens is 1. The zero-order chi connectivity index (χ0) is 34.3. The number of hydrogen-bond acceptors (Lipinski definition) is 8. The molecule has 0 spiro atoms. The van der Waals surface area contributed by atoms with E-state index in [1.807, 2.05) is 24.3 Å². The molecule has 0 unspecified atom stereocenters. The molecule has 1 aromatic heterocycles. The average molecular weight is 661 g/mol. The Balaban J connectivity index is 1.59. The number of esters is 1. The smallest absolute Gasteiger partial charge is 0.401 e. The third-order valence-corrected chi connectivity index (χ3v) is 8.16. The number of carbonyl (C=O) groups is 4. The summed E-state index contributed by atoms with van der Waals surface area (Å²) in [5, 5.41) is 7.40.